The lowest BCUT2D eigenvalue weighted by Crippen LogP contribution is -2.50. The quantitative estimate of drug-likeness (QED) is 0.644. The van der Waals surface area contributed by atoms with Crippen LogP contribution >= 0.6 is 0 Å². The van der Waals surface area contributed by atoms with Crippen LogP contribution in [-0.4, -0.2) is 34.5 Å². The van der Waals surface area contributed by atoms with Crippen molar-refractivity contribution < 1.29 is 13.4 Å². The van der Waals surface area contributed by atoms with Gasteiger partial charge in [-0.25, -0.2) is 4.39 Å². The third kappa shape index (κ3) is 5.02. The second-order valence-corrected chi connectivity index (χ2v) is 10.8. The van der Waals surface area contributed by atoms with Gasteiger partial charge in [0.15, 0.2) is 0 Å². The van der Waals surface area contributed by atoms with Crippen LogP contribution < -0.4 is 10.6 Å². The number of benzene rings is 2. The summed E-state index contributed by atoms with van der Waals surface area (Å²) in [4.78, 5) is 13.4. The number of amides is 1. The summed E-state index contributed by atoms with van der Waals surface area (Å²) in [5, 5.41) is 15.7. The predicted molar refractivity (Wildman–Crippen MR) is 128 cm³/mol. The summed E-state index contributed by atoms with van der Waals surface area (Å²) in [6.45, 7) is 4.09. The number of fused-ring (bicyclic) bond motifs is 2. The minimum Gasteiger partial charge on any atom is -0.339 e. The molecule has 0 aromatic heterocycles. The largest absolute Gasteiger partial charge is 0.339 e. The predicted octanol–water partition coefficient (Wildman–Crippen LogP) is 4.04. The van der Waals surface area contributed by atoms with Gasteiger partial charge in [-0.3, -0.25) is 9.00 Å². The van der Waals surface area contributed by atoms with E-state index in [0.29, 0.717) is 17.5 Å². The van der Waals surface area contributed by atoms with E-state index in [1.165, 1.54) is 6.07 Å². The molecule has 1 saturated heterocycles. The summed E-state index contributed by atoms with van der Waals surface area (Å²) < 4.78 is 27.0. The first kappa shape index (κ1) is 23.6. The molecule has 7 heteroatoms. The number of piperidine rings is 1. The Bertz CT molecular complexity index is 1130. The normalized spacial score (nSPS) is 23.3. The van der Waals surface area contributed by atoms with Crippen LogP contribution in [0.3, 0.4) is 0 Å². The number of hydrogen-bond acceptors (Lipinski definition) is 4. The van der Waals surface area contributed by atoms with Crippen molar-refractivity contribution in [3.05, 3.63) is 53.3 Å². The van der Waals surface area contributed by atoms with Gasteiger partial charge in [0.1, 0.15) is 11.9 Å². The van der Waals surface area contributed by atoms with Crippen LogP contribution in [-0.2, 0) is 22.0 Å². The monoisotopic (exact) mass is 467 g/mol. The molecule has 33 heavy (non-hydrogen) atoms. The van der Waals surface area contributed by atoms with Crippen molar-refractivity contribution in [3.63, 3.8) is 0 Å². The fraction of sp³-hybridized carbons (Fsp3) is 0.462. The van der Waals surface area contributed by atoms with Gasteiger partial charge in [-0.1, -0.05) is 32.0 Å². The molecule has 4 rings (SSSR count). The molecule has 2 N–H and O–H groups in total. The SMILES string of the molecule is CC(C)c1cc(-c2ccc(CC(C#N)NC(=O)C3NC4CCC3C4)c(F)c2)ccc1S(C)=O. The van der Waals surface area contributed by atoms with Crippen molar-refractivity contribution in [3.8, 4) is 17.2 Å². The second-order valence-electron chi connectivity index (χ2n) is 9.48. The van der Waals surface area contributed by atoms with Crippen molar-refractivity contribution in [2.75, 3.05) is 6.26 Å². The maximum atomic E-state index is 15.0. The van der Waals surface area contributed by atoms with E-state index < -0.39 is 22.7 Å². The maximum absolute atomic E-state index is 15.0. The Morgan fingerprint density at radius 2 is 1.97 bits per heavy atom. The van der Waals surface area contributed by atoms with Gasteiger partial charge < -0.3 is 10.6 Å². The average molecular weight is 468 g/mol. The van der Waals surface area contributed by atoms with Gasteiger partial charge in [0.2, 0.25) is 5.91 Å². The molecule has 5 atom stereocenters. The molecule has 0 spiro atoms. The van der Waals surface area contributed by atoms with Crippen LogP contribution in [0, 0.1) is 23.1 Å². The van der Waals surface area contributed by atoms with Crippen molar-refractivity contribution >= 4 is 16.7 Å². The zero-order valence-corrected chi connectivity index (χ0v) is 20.0. The van der Waals surface area contributed by atoms with E-state index in [1.54, 1.807) is 12.3 Å². The van der Waals surface area contributed by atoms with Crippen molar-refractivity contribution in [2.24, 2.45) is 5.92 Å². The Kier molecular flexibility index (Phi) is 6.96. The van der Waals surface area contributed by atoms with E-state index in [1.807, 2.05) is 38.1 Å². The zero-order valence-electron chi connectivity index (χ0n) is 19.2. The number of nitrogens with one attached hydrogen (secondary N) is 2. The van der Waals surface area contributed by atoms with Crippen LogP contribution in [0.5, 0.6) is 0 Å². The lowest BCUT2D eigenvalue weighted by Gasteiger charge is -2.23. The highest BCUT2D eigenvalue weighted by molar-refractivity contribution is 7.84. The highest BCUT2D eigenvalue weighted by atomic mass is 32.2. The standard InChI is InChI=1S/C26H30FN3O2S/c1-15(2)22-12-16(7-9-24(22)33(3)32)17-4-5-18(23(27)13-17)10-21(14-28)30-26(31)25-19-6-8-20(11-19)29-25/h4-5,7,9,12-13,15,19-21,25,29H,6,8,10-11H2,1-3H3,(H,30,31). The molecule has 1 amide bonds. The third-order valence-electron chi connectivity index (χ3n) is 6.87. The number of rotatable bonds is 7. The summed E-state index contributed by atoms with van der Waals surface area (Å²) in [5.41, 5.74) is 2.95. The highest BCUT2D eigenvalue weighted by Crippen LogP contribution is 2.35. The molecular formula is C26H30FN3O2S. The first-order valence-electron chi connectivity index (χ1n) is 11.5. The van der Waals surface area contributed by atoms with Gasteiger partial charge in [0, 0.05) is 23.6 Å². The Balaban J connectivity index is 1.48. The molecule has 5 nitrogen and oxygen atoms in total. The molecule has 2 aromatic carbocycles. The van der Waals surface area contributed by atoms with Gasteiger partial charge >= 0.3 is 0 Å². The van der Waals surface area contributed by atoms with E-state index in [4.69, 9.17) is 0 Å². The summed E-state index contributed by atoms with van der Waals surface area (Å²) in [7, 11) is -1.09. The second kappa shape index (κ2) is 9.74. The molecule has 0 radical (unpaired) electrons. The Labute approximate surface area is 197 Å². The maximum Gasteiger partial charge on any atom is 0.238 e. The Hall–Kier alpha value is -2.56. The number of carbonyl (C=O) groups excluding carboxylic acids is 1. The van der Waals surface area contributed by atoms with E-state index >= 15 is 0 Å². The molecule has 5 unspecified atom stereocenters. The van der Waals surface area contributed by atoms with Crippen molar-refractivity contribution in [2.45, 2.75) is 68.5 Å². The van der Waals surface area contributed by atoms with Gasteiger partial charge in [-0.15, -0.1) is 0 Å². The average Bonchev–Trinajstić information content (AvgIpc) is 3.43. The van der Waals surface area contributed by atoms with Crippen LogP contribution in [0.2, 0.25) is 0 Å². The van der Waals surface area contributed by atoms with Gasteiger partial charge in [0.05, 0.1) is 22.9 Å². The first-order chi connectivity index (χ1) is 15.8. The summed E-state index contributed by atoms with van der Waals surface area (Å²) >= 11 is 0. The molecule has 2 aliphatic rings. The third-order valence-corrected chi connectivity index (χ3v) is 7.86. The van der Waals surface area contributed by atoms with E-state index in [2.05, 4.69) is 16.7 Å². The molecule has 2 fully saturated rings. The highest BCUT2D eigenvalue weighted by Gasteiger charge is 2.43. The molecule has 1 aliphatic heterocycles. The van der Waals surface area contributed by atoms with Crippen molar-refractivity contribution in [1.82, 2.24) is 10.6 Å². The minimum absolute atomic E-state index is 0.111. The number of halogens is 1. The molecule has 1 heterocycles. The van der Waals surface area contributed by atoms with Gasteiger partial charge in [-0.05, 0) is 71.6 Å². The molecule has 2 bridgehead atoms. The summed E-state index contributed by atoms with van der Waals surface area (Å²) in [6.07, 6.45) is 4.92. The first-order valence-corrected chi connectivity index (χ1v) is 13.0. The topological polar surface area (TPSA) is 82.0 Å². The van der Waals surface area contributed by atoms with Gasteiger partial charge in [-0.2, -0.15) is 5.26 Å². The number of nitriles is 1. The number of hydrogen-bond donors (Lipinski definition) is 2. The fourth-order valence-corrected chi connectivity index (χ4v) is 5.98. The molecule has 174 valence electrons. The van der Waals surface area contributed by atoms with Crippen LogP contribution in [0.15, 0.2) is 41.3 Å². The van der Waals surface area contributed by atoms with E-state index in [0.717, 1.165) is 40.8 Å². The van der Waals surface area contributed by atoms with E-state index in [-0.39, 0.29) is 24.3 Å². The minimum atomic E-state index is -1.09. The smallest absolute Gasteiger partial charge is 0.238 e. The zero-order chi connectivity index (χ0) is 23.7. The number of nitrogens with zero attached hydrogens (tertiary/aromatic N) is 1. The fourth-order valence-electron chi connectivity index (χ4n) is 5.09. The lowest BCUT2D eigenvalue weighted by atomic mass is 9.95. The van der Waals surface area contributed by atoms with Crippen LogP contribution in [0.1, 0.15) is 50.2 Å². The lowest BCUT2D eigenvalue weighted by molar-refractivity contribution is -0.124. The molecule has 1 aliphatic carbocycles. The van der Waals surface area contributed by atoms with E-state index in [9.17, 15) is 18.7 Å². The number of carbonyl (C=O) groups is 1. The Morgan fingerprint density at radius 3 is 2.55 bits per heavy atom. The van der Waals surface area contributed by atoms with Crippen molar-refractivity contribution in [1.29, 1.82) is 5.26 Å². The van der Waals surface area contributed by atoms with Crippen LogP contribution in [0.25, 0.3) is 11.1 Å². The van der Waals surface area contributed by atoms with Gasteiger partial charge in [0.25, 0.3) is 0 Å². The summed E-state index contributed by atoms with van der Waals surface area (Å²) in [5.74, 6) is -0.0511. The molecule has 1 saturated carbocycles. The summed E-state index contributed by atoms with van der Waals surface area (Å²) in [6, 6.07) is 12.1. The molecule has 2 aromatic rings. The van der Waals surface area contributed by atoms with Crippen LogP contribution in [0.4, 0.5) is 4.39 Å². The molecular weight excluding hydrogens is 437 g/mol. The Morgan fingerprint density at radius 1 is 1.24 bits per heavy atom.